The van der Waals surface area contributed by atoms with Crippen LogP contribution in [0.1, 0.15) is 56.3 Å². The molecule has 2 aromatic rings. The first-order valence-corrected chi connectivity index (χ1v) is 10.9. The SMILES string of the molecule is CC1CN(C(c2ccc(C(F)(F)F)cn2)c2ccc(C(F)(F)F)cn2)CCN1C(=O)OC(C)(C)C. The quantitative estimate of drug-likeness (QED) is 0.514. The van der Waals surface area contributed by atoms with E-state index in [1.54, 1.807) is 32.6 Å². The van der Waals surface area contributed by atoms with E-state index in [1.807, 2.05) is 4.90 Å². The molecule has 0 spiro atoms. The van der Waals surface area contributed by atoms with E-state index in [1.165, 1.54) is 12.1 Å². The van der Waals surface area contributed by atoms with Gasteiger partial charge in [0.15, 0.2) is 0 Å². The van der Waals surface area contributed by atoms with E-state index >= 15 is 0 Å². The lowest BCUT2D eigenvalue weighted by Crippen LogP contribution is -2.55. The standard InChI is InChI=1S/C23H26F6N4O2/c1-14-13-32(9-10-33(14)20(34)35-21(2,3)4)19(17-7-5-15(11-30-17)22(24,25)26)18-8-6-16(12-31-18)23(27,28)29/h5-8,11-12,14,19H,9-10,13H2,1-4H3. The van der Waals surface area contributed by atoms with Crippen molar-refractivity contribution in [3.05, 3.63) is 59.2 Å². The Bertz CT molecular complexity index is 959. The monoisotopic (exact) mass is 504 g/mol. The van der Waals surface area contributed by atoms with Gasteiger partial charge in [-0.1, -0.05) is 0 Å². The van der Waals surface area contributed by atoms with Crippen molar-refractivity contribution >= 4 is 6.09 Å². The summed E-state index contributed by atoms with van der Waals surface area (Å²) in [5.74, 6) is 0. The van der Waals surface area contributed by atoms with E-state index in [0.717, 1.165) is 12.1 Å². The van der Waals surface area contributed by atoms with Crippen LogP contribution in [0.25, 0.3) is 0 Å². The Balaban J connectivity index is 1.91. The number of rotatable bonds is 3. The van der Waals surface area contributed by atoms with Gasteiger partial charge in [-0.25, -0.2) is 4.79 Å². The van der Waals surface area contributed by atoms with Crippen LogP contribution in [-0.2, 0) is 17.1 Å². The molecule has 1 amide bonds. The molecular formula is C23H26F6N4O2. The number of aromatic nitrogens is 2. The van der Waals surface area contributed by atoms with Crippen LogP contribution < -0.4 is 0 Å². The van der Waals surface area contributed by atoms with E-state index in [9.17, 15) is 31.1 Å². The number of hydrogen-bond donors (Lipinski definition) is 0. The van der Waals surface area contributed by atoms with E-state index in [-0.39, 0.29) is 37.1 Å². The van der Waals surface area contributed by atoms with Gasteiger partial charge < -0.3 is 9.64 Å². The van der Waals surface area contributed by atoms with Gasteiger partial charge in [-0.05, 0) is 52.0 Å². The van der Waals surface area contributed by atoms with Crippen molar-refractivity contribution in [2.45, 2.75) is 57.7 Å². The summed E-state index contributed by atoms with van der Waals surface area (Å²) in [5, 5.41) is 0. The second-order valence-electron chi connectivity index (χ2n) is 9.36. The zero-order valence-electron chi connectivity index (χ0n) is 19.6. The summed E-state index contributed by atoms with van der Waals surface area (Å²) in [4.78, 5) is 23.9. The van der Waals surface area contributed by atoms with Crippen molar-refractivity contribution in [3.8, 4) is 0 Å². The molecule has 3 rings (SSSR count). The average molecular weight is 504 g/mol. The molecule has 6 nitrogen and oxygen atoms in total. The summed E-state index contributed by atoms with van der Waals surface area (Å²) in [6.45, 7) is 7.81. The summed E-state index contributed by atoms with van der Waals surface area (Å²) < 4.78 is 83.6. The largest absolute Gasteiger partial charge is 0.444 e. The maximum atomic E-state index is 13.0. The first-order chi connectivity index (χ1) is 16.1. The van der Waals surface area contributed by atoms with Crippen LogP contribution in [0.5, 0.6) is 0 Å². The Kier molecular flexibility index (Phi) is 7.35. The van der Waals surface area contributed by atoms with Gasteiger partial charge in [0, 0.05) is 38.1 Å². The van der Waals surface area contributed by atoms with E-state index in [0.29, 0.717) is 12.4 Å². The highest BCUT2D eigenvalue weighted by atomic mass is 19.4. The molecular weight excluding hydrogens is 478 g/mol. The van der Waals surface area contributed by atoms with E-state index < -0.39 is 41.2 Å². The number of hydrogen-bond acceptors (Lipinski definition) is 5. The molecule has 12 heteroatoms. The zero-order chi connectivity index (χ0) is 26.2. The van der Waals surface area contributed by atoms with Crippen LogP contribution in [-0.4, -0.2) is 57.1 Å². The van der Waals surface area contributed by atoms with Crippen LogP contribution in [0.2, 0.25) is 0 Å². The molecule has 2 aromatic heterocycles. The molecule has 1 aliphatic rings. The van der Waals surface area contributed by atoms with Gasteiger partial charge >= 0.3 is 18.4 Å². The molecule has 1 fully saturated rings. The Morgan fingerprint density at radius 3 is 1.74 bits per heavy atom. The second kappa shape index (κ2) is 9.63. The Labute approximate surface area is 198 Å². The fraction of sp³-hybridized carbons (Fsp3) is 0.522. The molecule has 0 aromatic carbocycles. The summed E-state index contributed by atoms with van der Waals surface area (Å²) in [6.07, 6.45) is -8.29. The minimum atomic E-state index is -4.58. The zero-order valence-corrected chi connectivity index (χ0v) is 19.6. The average Bonchev–Trinajstić information content (AvgIpc) is 2.72. The lowest BCUT2D eigenvalue weighted by Gasteiger charge is -2.43. The molecule has 1 aliphatic heterocycles. The predicted molar refractivity (Wildman–Crippen MR) is 114 cm³/mol. The number of alkyl halides is 6. The first-order valence-electron chi connectivity index (χ1n) is 10.9. The Morgan fingerprint density at radius 2 is 1.40 bits per heavy atom. The molecule has 1 saturated heterocycles. The number of amides is 1. The summed E-state index contributed by atoms with van der Waals surface area (Å²) >= 11 is 0. The molecule has 192 valence electrons. The number of pyridine rings is 2. The highest BCUT2D eigenvalue weighted by Crippen LogP contribution is 2.34. The van der Waals surface area contributed by atoms with Gasteiger partial charge in [0.2, 0.25) is 0 Å². The molecule has 0 saturated carbocycles. The molecule has 0 N–H and O–H groups in total. The smallest absolute Gasteiger partial charge is 0.417 e. The van der Waals surface area contributed by atoms with Gasteiger partial charge in [0.1, 0.15) is 5.60 Å². The topological polar surface area (TPSA) is 58.6 Å². The molecule has 0 aliphatic carbocycles. The third-order valence-electron chi connectivity index (χ3n) is 5.44. The number of piperazine rings is 1. The lowest BCUT2D eigenvalue weighted by atomic mass is 10.0. The fourth-order valence-corrected chi connectivity index (χ4v) is 3.81. The molecule has 35 heavy (non-hydrogen) atoms. The van der Waals surface area contributed by atoms with Crippen molar-refractivity contribution in [2.24, 2.45) is 0 Å². The van der Waals surface area contributed by atoms with Crippen LogP contribution in [0, 0.1) is 0 Å². The predicted octanol–water partition coefficient (Wildman–Crippen LogP) is 5.54. The third kappa shape index (κ3) is 6.62. The maximum Gasteiger partial charge on any atom is 0.417 e. The van der Waals surface area contributed by atoms with Gasteiger partial charge in [-0.15, -0.1) is 0 Å². The van der Waals surface area contributed by atoms with Crippen LogP contribution in [0.4, 0.5) is 31.1 Å². The lowest BCUT2D eigenvalue weighted by molar-refractivity contribution is -0.138. The number of carbonyl (C=O) groups excluding carboxylic acids is 1. The van der Waals surface area contributed by atoms with Gasteiger partial charge in [0.05, 0.1) is 28.6 Å². The highest BCUT2D eigenvalue weighted by Gasteiger charge is 2.37. The Hall–Kier alpha value is -2.89. The van der Waals surface area contributed by atoms with Crippen LogP contribution >= 0.6 is 0 Å². The third-order valence-corrected chi connectivity index (χ3v) is 5.44. The maximum absolute atomic E-state index is 13.0. The van der Waals surface area contributed by atoms with Gasteiger partial charge in [-0.2, -0.15) is 26.3 Å². The van der Waals surface area contributed by atoms with Gasteiger partial charge in [0.25, 0.3) is 0 Å². The number of nitrogens with zero attached hydrogens (tertiary/aromatic N) is 4. The number of ether oxygens (including phenoxy) is 1. The fourth-order valence-electron chi connectivity index (χ4n) is 3.81. The van der Waals surface area contributed by atoms with Crippen LogP contribution in [0.15, 0.2) is 36.7 Å². The highest BCUT2D eigenvalue weighted by molar-refractivity contribution is 5.68. The first kappa shape index (κ1) is 26.7. The Morgan fingerprint density at radius 1 is 0.914 bits per heavy atom. The summed E-state index contributed by atoms with van der Waals surface area (Å²) in [6, 6.07) is 2.97. The van der Waals surface area contributed by atoms with Crippen LogP contribution in [0.3, 0.4) is 0 Å². The van der Waals surface area contributed by atoms with Crippen molar-refractivity contribution in [1.82, 2.24) is 19.8 Å². The molecule has 3 heterocycles. The second-order valence-corrected chi connectivity index (χ2v) is 9.36. The molecule has 1 atom stereocenters. The minimum Gasteiger partial charge on any atom is -0.444 e. The van der Waals surface area contributed by atoms with E-state index in [4.69, 9.17) is 4.74 Å². The number of carbonyl (C=O) groups is 1. The van der Waals surface area contributed by atoms with E-state index in [2.05, 4.69) is 9.97 Å². The van der Waals surface area contributed by atoms with Crippen molar-refractivity contribution in [1.29, 1.82) is 0 Å². The molecule has 0 bridgehead atoms. The molecule has 0 radical (unpaired) electrons. The van der Waals surface area contributed by atoms with Gasteiger partial charge in [-0.3, -0.25) is 14.9 Å². The van der Waals surface area contributed by atoms with Crippen molar-refractivity contribution < 1.29 is 35.9 Å². The van der Waals surface area contributed by atoms with Crippen molar-refractivity contribution in [3.63, 3.8) is 0 Å². The minimum absolute atomic E-state index is 0.197. The van der Waals surface area contributed by atoms with Crippen molar-refractivity contribution in [2.75, 3.05) is 19.6 Å². The summed E-state index contributed by atoms with van der Waals surface area (Å²) in [5.41, 5.74) is -2.18. The summed E-state index contributed by atoms with van der Waals surface area (Å²) in [7, 11) is 0. The normalized spacial score (nSPS) is 18.1. The number of halogens is 6. The molecule has 1 unspecified atom stereocenters.